The molecule has 2 amide bonds. The number of rotatable bonds is 7. The highest BCUT2D eigenvalue weighted by atomic mass is 19.1. The molecule has 0 radical (unpaired) electrons. The van der Waals surface area contributed by atoms with Crippen LogP contribution in [0.3, 0.4) is 0 Å². The number of carbonyl (C=O) groups excluding carboxylic acids is 1. The number of amides is 2. The first-order chi connectivity index (χ1) is 16.0. The third kappa shape index (κ3) is 5.25. The minimum atomic E-state index is -0.216. The van der Waals surface area contributed by atoms with E-state index in [0.717, 1.165) is 43.0 Å². The van der Waals surface area contributed by atoms with Crippen molar-refractivity contribution in [3.63, 3.8) is 0 Å². The van der Waals surface area contributed by atoms with Crippen molar-refractivity contribution in [1.82, 2.24) is 24.9 Å². The fraction of sp³-hybridized carbons (Fsp3) is 0.385. The molecule has 6 nitrogen and oxygen atoms in total. The predicted molar refractivity (Wildman–Crippen MR) is 128 cm³/mol. The summed E-state index contributed by atoms with van der Waals surface area (Å²) >= 11 is 0. The number of carbonyl (C=O) groups is 1. The highest BCUT2D eigenvalue weighted by Gasteiger charge is 2.27. The molecule has 174 valence electrons. The van der Waals surface area contributed by atoms with Crippen LogP contribution in [0.15, 0.2) is 48.5 Å². The normalized spacial score (nSPS) is 13.6. The van der Waals surface area contributed by atoms with E-state index < -0.39 is 0 Å². The van der Waals surface area contributed by atoms with Gasteiger partial charge in [0.05, 0.1) is 23.6 Å². The Hall–Kier alpha value is -3.19. The van der Waals surface area contributed by atoms with Gasteiger partial charge in [-0.15, -0.1) is 0 Å². The third-order valence-corrected chi connectivity index (χ3v) is 6.16. The van der Waals surface area contributed by atoms with Crippen LogP contribution in [-0.2, 0) is 26.1 Å². The molecule has 1 aliphatic rings. The summed E-state index contributed by atoms with van der Waals surface area (Å²) in [5.41, 5.74) is 6.66. The van der Waals surface area contributed by atoms with Gasteiger partial charge in [-0.25, -0.2) is 13.9 Å². The Morgan fingerprint density at radius 1 is 1.12 bits per heavy atom. The number of nitrogens with one attached hydrogen (secondary N) is 1. The van der Waals surface area contributed by atoms with Gasteiger partial charge in [-0.2, -0.15) is 5.10 Å². The average molecular weight is 450 g/mol. The van der Waals surface area contributed by atoms with Gasteiger partial charge in [-0.1, -0.05) is 29.8 Å². The highest BCUT2D eigenvalue weighted by molar-refractivity contribution is 5.74. The van der Waals surface area contributed by atoms with Crippen LogP contribution in [-0.4, -0.2) is 45.2 Å². The minimum absolute atomic E-state index is 0.0717. The van der Waals surface area contributed by atoms with Gasteiger partial charge in [0, 0.05) is 44.7 Å². The van der Waals surface area contributed by atoms with Crippen molar-refractivity contribution in [3.05, 3.63) is 82.4 Å². The van der Waals surface area contributed by atoms with Crippen molar-refractivity contribution in [2.45, 2.75) is 46.8 Å². The topological polar surface area (TPSA) is 53.4 Å². The largest absolute Gasteiger partial charge is 0.338 e. The second-order valence-corrected chi connectivity index (χ2v) is 8.56. The summed E-state index contributed by atoms with van der Waals surface area (Å²) < 4.78 is 15.4. The molecule has 0 fully saturated rings. The van der Waals surface area contributed by atoms with Crippen LogP contribution in [0.5, 0.6) is 0 Å². The van der Waals surface area contributed by atoms with E-state index in [1.165, 1.54) is 29.0 Å². The summed E-state index contributed by atoms with van der Waals surface area (Å²) in [5, 5.41) is 7.89. The van der Waals surface area contributed by atoms with Gasteiger partial charge in [0.2, 0.25) is 0 Å². The molecular weight excluding hydrogens is 417 g/mol. The molecule has 2 aromatic carbocycles. The van der Waals surface area contributed by atoms with E-state index in [2.05, 4.69) is 41.4 Å². The third-order valence-electron chi connectivity index (χ3n) is 6.16. The van der Waals surface area contributed by atoms with Crippen molar-refractivity contribution in [3.8, 4) is 5.69 Å². The Bertz CT molecular complexity index is 1090. The summed E-state index contributed by atoms with van der Waals surface area (Å²) in [5.74, 6) is -0.216. The molecule has 2 heterocycles. The molecule has 7 heteroatoms. The molecular formula is C26H32FN5O. The molecule has 0 aliphatic carbocycles. The zero-order chi connectivity index (χ0) is 23.4. The molecule has 0 unspecified atom stereocenters. The van der Waals surface area contributed by atoms with Crippen molar-refractivity contribution in [2.24, 2.45) is 0 Å². The van der Waals surface area contributed by atoms with Crippen molar-refractivity contribution in [1.29, 1.82) is 0 Å². The highest BCUT2D eigenvalue weighted by Crippen LogP contribution is 2.27. The van der Waals surface area contributed by atoms with Crippen LogP contribution in [0.4, 0.5) is 9.18 Å². The number of halogens is 1. The summed E-state index contributed by atoms with van der Waals surface area (Å²) in [4.78, 5) is 16.7. The summed E-state index contributed by atoms with van der Waals surface area (Å²) in [6, 6.07) is 15.0. The van der Waals surface area contributed by atoms with E-state index >= 15 is 0 Å². The summed E-state index contributed by atoms with van der Waals surface area (Å²) in [6.45, 7) is 10.1. The van der Waals surface area contributed by atoms with Gasteiger partial charge < -0.3 is 10.2 Å². The van der Waals surface area contributed by atoms with Crippen LogP contribution in [0.25, 0.3) is 5.69 Å². The van der Waals surface area contributed by atoms with Crippen LogP contribution < -0.4 is 5.32 Å². The van der Waals surface area contributed by atoms with Gasteiger partial charge >= 0.3 is 6.03 Å². The Balaban J connectivity index is 1.65. The minimum Gasteiger partial charge on any atom is -0.338 e. The zero-order valence-electron chi connectivity index (χ0n) is 19.6. The van der Waals surface area contributed by atoms with Gasteiger partial charge in [-0.3, -0.25) is 4.90 Å². The quantitative estimate of drug-likeness (QED) is 0.581. The lowest BCUT2D eigenvalue weighted by Crippen LogP contribution is -2.39. The molecule has 33 heavy (non-hydrogen) atoms. The number of fused-ring (bicyclic) bond motifs is 1. The SMILES string of the molecule is CCNC(=O)N(CC)Cc1nn(-c2ccc(C)cc2)c2c1CN(Cc1ccc(F)cc1)CC2. The van der Waals surface area contributed by atoms with Crippen LogP contribution in [0.1, 0.15) is 41.9 Å². The van der Waals surface area contributed by atoms with Gasteiger partial charge in [0.15, 0.2) is 0 Å². The van der Waals surface area contributed by atoms with Crippen molar-refractivity contribution >= 4 is 6.03 Å². The second-order valence-electron chi connectivity index (χ2n) is 8.56. The van der Waals surface area contributed by atoms with Gasteiger partial charge in [-0.05, 0) is 50.6 Å². The molecule has 1 aromatic heterocycles. The van der Waals surface area contributed by atoms with E-state index in [9.17, 15) is 9.18 Å². The van der Waals surface area contributed by atoms with Crippen LogP contribution in [0, 0.1) is 12.7 Å². The van der Waals surface area contributed by atoms with Crippen molar-refractivity contribution < 1.29 is 9.18 Å². The lowest BCUT2D eigenvalue weighted by atomic mass is 10.0. The molecule has 4 rings (SSSR count). The molecule has 0 spiro atoms. The smallest absolute Gasteiger partial charge is 0.317 e. The molecule has 1 aliphatic heterocycles. The molecule has 1 N–H and O–H groups in total. The van der Waals surface area contributed by atoms with E-state index in [-0.39, 0.29) is 11.8 Å². The number of aromatic nitrogens is 2. The fourth-order valence-electron chi connectivity index (χ4n) is 4.32. The maximum Gasteiger partial charge on any atom is 0.317 e. The summed E-state index contributed by atoms with van der Waals surface area (Å²) in [6.07, 6.45) is 0.866. The first kappa shape index (κ1) is 23.0. The standard InChI is InChI=1S/C26H32FN5O/c1-4-28-26(33)31(5-2)18-24-23-17-30(16-20-8-10-21(27)11-9-20)15-14-25(23)32(29-24)22-12-6-19(3)7-13-22/h6-13H,4-5,14-18H2,1-3H3,(H,28,33). The first-order valence-electron chi connectivity index (χ1n) is 11.6. The second kappa shape index (κ2) is 10.2. The van der Waals surface area contributed by atoms with Gasteiger partial charge in [0.25, 0.3) is 0 Å². The lowest BCUT2D eigenvalue weighted by molar-refractivity contribution is 0.197. The van der Waals surface area contributed by atoms with Crippen molar-refractivity contribution in [2.75, 3.05) is 19.6 Å². The number of urea groups is 1. The van der Waals surface area contributed by atoms with E-state index in [1.807, 2.05) is 30.7 Å². The fourth-order valence-corrected chi connectivity index (χ4v) is 4.32. The lowest BCUT2D eigenvalue weighted by Gasteiger charge is -2.28. The predicted octanol–water partition coefficient (Wildman–Crippen LogP) is 4.43. The summed E-state index contributed by atoms with van der Waals surface area (Å²) in [7, 11) is 0. The first-order valence-corrected chi connectivity index (χ1v) is 11.6. The average Bonchev–Trinajstić information content (AvgIpc) is 3.17. The Labute approximate surface area is 195 Å². The maximum absolute atomic E-state index is 13.3. The Morgan fingerprint density at radius 2 is 1.85 bits per heavy atom. The van der Waals surface area contributed by atoms with E-state index in [4.69, 9.17) is 5.10 Å². The van der Waals surface area contributed by atoms with Gasteiger partial charge in [0.1, 0.15) is 5.82 Å². The van der Waals surface area contributed by atoms with E-state index in [0.29, 0.717) is 19.6 Å². The molecule has 0 saturated carbocycles. The number of nitrogens with zero attached hydrogens (tertiary/aromatic N) is 4. The number of aryl methyl sites for hydroxylation is 1. The van der Waals surface area contributed by atoms with Crippen LogP contribution >= 0.6 is 0 Å². The number of hydrogen-bond donors (Lipinski definition) is 1. The molecule has 0 saturated heterocycles. The molecule has 0 bridgehead atoms. The van der Waals surface area contributed by atoms with Crippen LogP contribution in [0.2, 0.25) is 0 Å². The monoisotopic (exact) mass is 449 g/mol. The van der Waals surface area contributed by atoms with E-state index in [1.54, 1.807) is 4.90 Å². The Morgan fingerprint density at radius 3 is 2.52 bits per heavy atom. The molecule has 3 aromatic rings. The number of hydrogen-bond acceptors (Lipinski definition) is 3. The maximum atomic E-state index is 13.3. The Kier molecular flexibility index (Phi) is 7.08. The molecule has 0 atom stereocenters. The number of benzene rings is 2. The zero-order valence-corrected chi connectivity index (χ0v) is 19.6.